The van der Waals surface area contributed by atoms with E-state index in [-0.39, 0.29) is 24.0 Å². The van der Waals surface area contributed by atoms with E-state index in [4.69, 9.17) is 4.74 Å². The number of halogens is 1. The molecule has 0 bridgehead atoms. The molecule has 0 aromatic carbocycles. The molecule has 0 radical (unpaired) electrons. The lowest BCUT2D eigenvalue weighted by molar-refractivity contribution is 0.0354. The van der Waals surface area contributed by atoms with Gasteiger partial charge < -0.3 is 9.64 Å². The largest absolute Gasteiger partial charge is 0.363 e. The zero-order valence-corrected chi connectivity index (χ0v) is 12.1. The molecule has 3 atom stereocenters. The van der Waals surface area contributed by atoms with Crippen molar-refractivity contribution < 1.29 is 9.13 Å². The van der Waals surface area contributed by atoms with Gasteiger partial charge in [0.1, 0.15) is 12.9 Å². The molecule has 0 spiro atoms. The average molecular weight is 277 g/mol. The summed E-state index contributed by atoms with van der Waals surface area (Å²) in [5.41, 5.74) is 0. The number of aromatic nitrogens is 2. The molecule has 0 N–H and O–H groups in total. The van der Waals surface area contributed by atoms with Crippen LogP contribution in [0.1, 0.15) is 33.6 Å². The Bertz CT molecular complexity index is 511. The number of nitrogens with zero attached hydrogens (tertiary/aromatic N) is 3. The third-order valence-corrected chi connectivity index (χ3v) is 3.76. The Hall–Kier alpha value is -1.67. The molecule has 2 heterocycles. The van der Waals surface area contributed by atoms with E-state index in [2.05, 4.69) is 28.7 Å². The van der Waals surface area contributed by atoms with E-state index in [0.717, 1.165) is 12.8 Å². The number of piperidine rings is 1. The van der Waals surface area contributed by atoms with E-state index >= 15 is 0 Å². The smallest absolute Gasteiger partial charge is 0.183 e. The summed E-state index contributed by atoms with van der Waals surface area (Å²) in [5, 5.41) is 0. The van der Waals surface area contributed by atoms with Gasteiger partial charge in [0.25, 0.3) is 0 Å². The number of hydrogen-bond donors (Lipinski definition) is 0. The summed E-state index contributed by atoms with van der Waals surface area (Å²) in [5.74, 6) is 5.68. The van der Waals surface area contributed by atoms with Crippen molar-refractivity contribution in [2.24, 2.45) is 0 Å². The topological polar surface area (TPSA) is 38.2 Å². The lowest BCUT2D eigenvalue weighted by Crippen LogP contribution is -2.52. The zero-order valence-electron chi connectivity index (χ0n) is 12.1. The zero-order chi connectivity index (χ0) is 14.5. The van der Waals surface area contributed by atoms with Gasteiger partial charge in [0.15, 0.2) is 11.6 Å². The first kappa shape index (κ1) is 14.7. The summed E-state index contributed by atoms with van der Waals surface area (Å²) in [4.78, 5) is 9.79. The van der Waals surface area contributed by atoms with Gasteiger partial charge in [-0.25, -0.2) is 14.4 Å². The monoisotopic (exact) mass is 277 g/mol. The molecule has 4 nitrogen and oxygen atoms in total. The maximum Gasteiger partial charge on any atom is 0.183 e. The summed E-state index contributed by atoms with van der Waals surface area (Å²) in [6.45, 7) is 6.33. The lowest BCUT2D eigenvalue weighted by Gasteiger charge is -2.44. The molecule has 1 aliphatic rings. The Morgan fingerprint density at radius 2 is 2.25 bits per heavy atom. The summed E-state index contributed by atoms with van der Waals surface area (Å²) >= 11 is 0. The number of anilines is 1. The molecule has 0 amide bonds. The first-order chi connectivity index (χ1) is 9.65. The lowest BCUT2D eigenvalue weighted by atomic mass is 9.94. The summed E-state index contributed by atoms with van der Waals surface area (Å²) in [6.07, 6.45) is 4.52. The van der Waals surface area contributed by atoms with Crippen LogP contribution in [0, 0.1) is 17.7 Å². The SMILES string of the molecule is CC#CCOC1CCC(C)N(c2ncncc2F)C1C. The van der Waals surface area contributed by atoms with Crippen molar-refractivity contribution in [3.05, 3.63) is 18.3 Å². The second kappa shape index (κ2) is 6.67. The van der Waals surface area contributed by atoms with Crippen LogP contribution < -0.4 is 4.90 Å². The molecule has 2 rings (SSSR count). The van der Waals surface area contributed by atoms with Gasteiger partial charge in [0, 0.05) is 6.04 Å². The van der Waals surface area contributed by atoms with E-state index in [1.807, 2.05) is 11.8 Å². The normalized spacial score (nSPS) is 26.0. The van der Waals surface area contributed by atoms with E-state index in [1.165, 1.54) is 12.5 Å². The Morgan fingerprint density at radius 1 is 1.45 bits per heavy atom. The van der Waals surface area contributed by atoms with Gasteiger partial charge in [-0.3, -0.25) is 0 Å². The van der Waals surface area contributed by atoms with Crippen LogP contribution >= 0.6 is 0 Å². The van der Waals surface area contributed by atoms with Crippen LogP contribution in [0.3, 0.4) is 0 Å². The molecular weight excluding hydrogens is 257 g/mol. The van der Waals surface area contributed by atoms with Crippen molar-refractivity contribution in [1.29, 1.82) is 0 Å². The standard InChI is InChI=1S/C15H20FN3O/c1-4-5-8-20-14-7-6-11(2)19(12(14)3)15-13(16)9-17-10-18-15/h9-12,14H,6-8H2,1-3H3. The molecule has 1 saturated heterocycles. The minimum Gasteiger partial charge on any atom is -0.363 e. The second-order valence-electron chi connectivity index (χ2n) is 5.04. The van der Waals surface area contributed by atoms with Crippen LogP contribution in [0.5, 0.6) is 0 Å². The van der Waals surface area contributed by atoms with Crippen molar-refractivity contribution in [1.82, 2.24) is 9.97 Å². The molecular formula is C15H20FN3O. The highest BCUT2D eigenvalue weighted by Gasteiger charge is 2.35. The van der Waals surface area contributed by atoms with Crippen molar-refractivity contribution >= 4 is 5.82 Å². The summed E-state index contributed by atoms with van der Waals surface area (Å²) in [7, 11) is 0. The molecule has 1 aromatic rings. The summed E-state index contributed by atoms with van der Waals surface area (Å²) < 4.78 is 19.7. The number of ether oxygens (including phenoxy) is 1. The van der Waals surface area contributed by atoms with Gasteiger partial charge >= 0.3 is 0 Å². The third kappa shape index (κ3) is 3.07. The third-order valence-electron chi connectivity index (χ3n) is 3.76. The first-order valence-corrected chi connectivity index (χ1v) is 6.90. The molecule has 5 heteroatoms. The highest BCUT2D eigenvalue weighted by atomic mass is 19.1. The first-order valence-electron chi connectivity index (χ1n) is 6.90. The molecule has 1 aliphatic heterocycles. The molecule has 0 aliphatic carbocycles. The van der Waals surface area contributed by atoms with Crippen LogP contribution in [0.4, 0.5) is 10.2 Å². The van der Waals surface area contributed by atoms with E-state index in [0.29, 0.717) is 12.4 Å². The number of rotatable bonds is 3. The van der Waals surface area contributed by atoms with Crippen LogP contribution in [-0.2, 0) is 4.74 Å². The summed E-state index contributed by atoms with van der Waals surface area (Å²) in [6, 6.07) is 0.285. The van der Waals surface area contributed by atoms with Crippen molar-refractivity contribution in [3.63, 3.8) is 0 Å². The minimum absolute atomic E-state index is 0.0430. The van der Waals surface area contributed by atoms with Gasteiger partial charge in [-0.1, -0.05) is 5.92 Å². The van der Waals surface area contributed by atoms with Crippen LogP contribution in [-0.4, -0.2) is 34.8 Å². The molecule has 3 unspecified atom stereocenters. The Kier molecular flexibility index (Phi) is 4.91. The van der Waals surface area contributed by atoms with E-state index in [9.17, 15) is 4.39 Å². The molecule has 20 heavy (non-hydrogen) atoms. The minimum atomic E-state index is -0.389. The fourth-order valence-electron chi connectivity index (χ4n) is 2.71. The van der Waals surface area contributed by atoms with Crippen LogP contribution in [0.15, 0.2) is 12.5 Å². The predicted octanol–water partition coefficient (Wildman–Crippen LogP) is 2.40. The van der Waals surface area contributed by atoms with Crippen molar-refractivity contribution in [2.45, 2.75) is 51.8 Å². The Balaban J connectivity index is 2.17. The van der Waals surface area contributed by atoms with E-state index < -0.39 is 0 Å². The maximum atomic E-state index is 13.9. The highest BCUT2D eigenvalue weighted by Crippen LogP contribution is 2.30. The number of hydrogen-bond acceptors (Lipinski definition) is 4. The second-order valence-corrected chi connectivity index (χ2v) is 5.04. The van der Waals surface area contributed by atoms with E-state index in [1.54, 1.807) is 6.92 Å². The Labute approximate surface area is 119 Å². The average Bonchev–Trinajstić information content (AvgIpc) is 2.44. The fraction of sp³-hybridized carbons (Fsp3) is 0.600. The quantitative estimate of drug-likeness (QED) is 0.795. The van der Waals surface area contributed by atoms with Gasteiger partial charge in [0.05, 0.1) is 18.3 Å². The van der Waals surface area contributed by atoms with Gasteiger partial charge in [-0.2, -0.15) is 0 Å². The van der Waals surface area contributed by atoms with Crippen LogP contribution in [0.2, 0.25) is 0 Å². The maximum absolute atomic E-state index is 13.9. The van der Waals surface area contributed by atoms with Gasteiger partial charge in [-0.05, 0) is 33.6 Å². The van der Waals surface area contributed by atoms with Crippen LogP contribution in [0.25, 0.3) is 0 Å². The fourth-order valence-corrected chi connectivity index (χ4v) is 2.71. The highest BCUT2D eigenvalue weighted by molar-refractivity contribution is 5.42. The Morgan fingerprint density at radius 3 is 2.95 bits per heavy atom. The molecule has 1 fully saturated rings. The molecule has 0 saturated carbocycles. The molecule has 108 valence electrons. The molecule has 1 aromatic heterocycles. The van der Waals surface area contributed by atoms with Crippen molar-refractivity contribution in [2.75, 3.05) is 11.5 Å². The van der Waals surface area contributed by atoms with Gasteiger partial charge in [0.2, 0.25) is 0 Å². The predicted molar refractivity (Wildman–Crippen MR) is 75.8 cm³/mol. The van der Waals surface area contributed by atoms with Crippen molar-refractivity contribution in [3.8, 4) is 11.8 Å². The van der Waals surface area contributed by atoms with Gasteiger partial charge in [-0.15, -0.1) is 5.92 Å².